The van der Waals surface area contributed by atoms with Crippen molar-refractivity contribution in [3.8, 4) is 11.5 Å². The Balaban J connectivity index is 1.50. The number of carbonyl (C=O) groups excluding carboxylic acids is 4. The van der Waals surface area contributed by atoms with Gasteiger partial charge in [0, 0.05) is 29.6 Å². The molecule has 1 spiro atoms. The highest BCUT2D eigenvalue weighted by atomic mass is 35.5. The Kier molecular flexibility index (Phi) is 6.56. The lowest BCUT2D eigenvalue weighted by Crippen LogP contribution is -2.53. The highest BCUT2D eigenvalue weighted by Gasteiger charge is 2.70. The second kappa shape index (κ2) is 9.59. The van der Waals surface area contributed by atoms with Crippen molar-refractivity contribution in [1.29, 1.82) is 0 Å². The molecule has 0 unspecified atom stereocenters. The van der Waals surface area contributed by atoms with Gasteiger partial charge < -0.3 is 20.5 Å². The van der Waals surface area contributed by atoms with Gasteiger partial charge in [0.2, 0.25) is 23.6 Å². The van der Waals surface area contributed by atoms with E-state index >= 15 is 0 Å². The fraction of sp³-hybridized carbons (Fsp3) is 0.407. The number of benzene rings is 2. The maximum Gasteiger partial charge on any atom is 0.250 e. The van der Waals surface area contributed by atoms with Gasteiger partial charge in [0.25, 0.3) is 0 Å². The summed E-state index contributed by atoms with van der Waals surface area (Å²) in [5, 5.41) is 6.66. The zero-order valence-corrected chi connectivity index (χ0v) is 22.1. The summed E-state index contributed by atoms with van der Waals surface area (Å²) >= 11 is 6.31. The first kappa shape index (κ1) is 26.0. The quantitative estimate of drug-likeness (QED) is 0.434. The molecule has 2 aromatic rings. The predicted octanol–water partition coefficient (Wildman–Crippen LogP) is 1.89. The van der Waals surface area contributed by atoms with Gasteiger partial charge in [-0.05, 0) is 49.1 Å². The van der Waals surface area contributed by atoms with E-state index < -0.39 is 41.1 Å². The van der Waals surface area contributed by atoms with Crippen LogP contribution in [0.2, 0.25) is 5.02 Å². The van der Waals surface area contributed by atoms with Gasteiger partial charge in [-0.1, -0.05) is 23.7 Å². The Labute approximate surface area is 224 Å². The number of halogens is 1. The monoisotopic (exact) mass is 540 g/mol. The lowest BCUT2D eigenvalue weighted by molar-refractivity contribution is -0.142. The molecule has 0 aromatic heterocycles. The summed E-state index contributed by atoms with van der Waals surface area (Å²) < 4.78 is 10.6. The van der Waals surface area contributed by atoms with Gasteiger partial charge in [-0.15, -0.1) is 0 Å². The maximum atomic E-state index is 13.9. The van der Waals surface area contributed by atoms with Gasteiger partial charge in [0.15, 0.2) is 11.5 Å². The number of imide groups is 1. The van der Waals surface area contributed by atoms with Crippen LogP contribution in [-0.2, 0) is 31.1 Å². The number of ether oxygens (including phenoxy) is 2. The second-order valence-corrected chi connectivity index (χ2v) is 10.3. The molecule has 5 rings (SSSR count). The van der Waals surface area contributed by atoms with Gasteiger partial charge in [-0.3, -0.25) is 29.4 Å². The average molecular weight is 541 g/mol. The minimum atomic E-state index is -1.46. The molecule has 2 fully saturated rings. The van der Waals surface area contributed by atoms with Crippen molar-refractivity contribution in [3.05, 3.63) is 52.0 Å². The van der Waals surface area contributed by atoms with E-state index in [-0.39, 0.29) is 25.3 Å². The number of nitrogens with two attached hydrogens (primary N) is 1. The lowest BCUT2D eigenvalue weighted by atomic mass is 9.76. The van der Waals surface area contributed by atoms with Crippen molar-refractivity contribution in [3.63, 3.8) is 0 Å². The van der Waals surface area contributed by atoms with E-state index in [2.05, 4.69) is 10.6 Å². The summed E-state index contributed by atoms with van der Waals surface area (Å²) in [4.78, 5) is 54.1. The van der Waals surface area contributed by atoms with Crippen molar-refractivity contribution in [2.24, 2.45) is 17.6 Å². The Morgan fingerprint density at radius 1 is 1.11 bits per heavy atom. The van der Waals surface area contributed by atoms with E-state index in [1.807, 2.05) is 6.07 Å². The molecule has 0 saturated carbocycles. The molecule has 38 heavy (non-hydrogen) atoms. The van der Waals surface area contributed by atoms with Crippen molar-refractivity contribution in [1.82, 2.24) is 10.2 Å². The Bertz CT molecular complexity index is 1360. The molecule has 3 aliphatic rings. The summed E-state index contributed by atoms with van der Waals surface area (Å²) in [6.07, 6.45) is 0.620. The number of carbonyl (C=O) groups is 4. The zero-order chi connectivity index (χ0) is 27.4. The predicted molar refractivity (Wildman–Crippen MR) is 139 cm³/mol. The molecule has 0 bridgehead atoms. The van der Waals surface area contributed by atoms with Gasteiger partial charge in [-0.25, -0.2) is 0 Å². The number of rotatable bonds is 8. The van der Waals surface area contributed by atoms with Gasteiger partial charge >= 0.3 is 0 Å². The highest BCUT2D eigenvalue weighted by Crippen LogP contribution is 2.54. The zero-order valence-electron chi connectivity index (χ0n) is 21.3. The summed E-state index contributed by atoms with van der Waals surface area (Å²) in [6.45, 7) is 1.92. The van der Waals surface area contributed by atoms with Crippen LogP contribution in [-0.4, -0.2) is 55.3 Å². The van der Waals surface area contributed by atoms with E-state index in [4.69, 9.17) is 26.8 Å². The SMILES string of the molecule is COc1ccc(CCN2C(=O)[C@H]3[C@@H](C2=O)[C@]2(N[C@@H]3CCC(N)=O)C(=O)Nc3c2ccc(Cl)c3C)cc1OC. The largest absolute Gasteiger partial charge is 0.493 e. The average Bonchev–Trinajstić information content (AvgIpc) is 3.48. The van der Waals surface area contributed by atoms with Crippen LogP contribution in [0.3, 0.4) is 0 Å². The number of methoxy groups -OCH3 is 2. The number of amides is 4. The highest BCUT2D eigenvalue weighted by molar-refractivity contribution is 6.32. The molecule has 4 amide bonds. The van der Waals surface area contributed by atoms with Crippen LogP contribution in [0.4, 0.5) is 5.69 Å². The number of hydrogen-bond acceptors (Lipinski definition) is 7. The molecule has 3 aliphatic heterocycles. The van der Waals surface area contributed by atoms with Crippen LogP contribution < -0.4 is 25.8 Å². The summed E-state index contributed by atoms with van der Waals surface area (Å²) in [5.41, 5.74) is 6.58. The molecular formula is C27H29ClN4O6. The molecule has 0 radical (unpaired) electrons. The Hall–Kier alpha value is -3.63. The third-order valence-electron chi connectivity index (χ3n) is 7.95. The van der Waals surface area contributed by atoms with E-state index in [9.17, 15) is 19.2 Å². The molecule has 2 aromatic carbocycles. The number of hydrogen-bond donors (Lipinski definition) is 3. The van der Waals surface area contributed by atoms with Gasteiger partial charge in [0.1, 0.15) is 5.54 Å². The fourth-order valence-corrected chi connectivity index (χ4v) is 6.25. The van der Waals surface area contributed by atoms with Crippen molar-refractivity contribution < 1.29 is 28.7 Å². The number of fused-ring (bicyclic) bond motifs is 4. The van der Waals surface area contributed by atoms with Gasteiger partial charge in [-0.2, -0.15) is 0 Å². The molecule has 4 N–H and O–H groups in total. The Morgan fingerprint density at radius 2 is 1.84 bits per heavy atom. The van der Waals surface area contributed by atoms with E-state index in [0.29, 0.717) is 39.8 Å². The summed E-state index contributed by atoms with van der Waals surface area (Å²) in [6, 6.07) is 8.22. The molecule has 2 saturated heterocycles. The van der Waals surface area contributed by atoms with Crippen molar-refractivity contribution in [2.75, 3.05) is 26.1 Å². The minimum absolute atomic E-state index is 0.0121. The first-order valence-corrected chi connectivity index (χ1v) is 12.7. The van der Waals surface area contributed by atoms with Gasteiger partial charge in [0.05, 0.1) is 31.7 Å². The second-order valence-electron chi connectivity index (χ2n) is 9.88. The standard InChI is InChI=1S/C27H29ClN4O6/c1-13-16(28)6-5-15-23(13)30-26(36)27(15)22-21(17(31-27)7-9-20(29)33)24(34)32(25(22)35)11-10-14-4-8-18(37-2)19(12-14)38-3/h4-6,8,12,17,21-22,31H,7,9-11H2,1-3H3,(H2,29,33)(H,30,36)/t17-,21-,22+,27+/m1/s1. The smallest absolute Gasteiger partial charge is 0.250 e. The maximum absolute atomic E-state index is 13.9. The van der Waals surface area contributed by atoms with Crippen LogP contribution in [0.15, 0.2) is 30.3 Å². The number of nitrogens with one attached hydrogen (secondary N) is 2. The fourth-order valence-electron chi connectivity index (χ4n) is 6.09. The lowest BCUT2D eigenvalue weighted by Gasteiger charge is -2.29. The van der Waals surface area contributed by atoms with E-state index in [0.717, 1.165) is 5.56 Å². The number of primary amides is 1. The topological polar surface area (TPSA) is 140 Å². The number of likely N-dealkylation sites (tertiary alicyclic amines) is 1. The minimum Gasteiger partial charge on any atom is -0.493 e. The van der Waals surface area contributed by atoms with E-state index in [1.54, 1.807) is 38.3 Å². The molecular weight excluding hydrogens is 512 g/mol. The molecule has 0 aliphatic carbocycles. The van der Waals surface area contributed by atoms with Crippen LogP contribution in [0.25, 0.3) is 0 Å². The molecule has 4 atom stereocenters. The number of nitrogens with zero attached hydrogens (tertiary/aromatic N) is 1. The number of anilines is 1. The normalized spacial score (nSPS) is 25.5. The molecule has 10 nitrogen and oxygen atoms in total. The van der Waals surface area contributed by atoms with Crippen LogP contribution in [0.5, 0.6) is 11.5 Å². The third-order valence-corrected chi connectivity index (χ3v) is 8.36. The van der Waals surface area contributed by atoms with Crippen LogP contribution in [0.1, 0.15) is 29.5 Å². The van der Waals surface area contributed by atoms with Crippen molar-refractivity contribution in [2.45, 2.75) is 37.8 Å². The first-order valence-electron chi connectivity index (χ1n) is 12.4. The summed E-state index contributed by atoms with van der Waals surface area (Å²) in [7, 11) is 3.08. The first-order chi connectivity index (χ1) is 18.1. The van der Waals surface area contributed by atoms with Crippen LogP contribution >= 0.6 is 11.6 Å². The van der Waals surface area contributed by atoms with Crippen LogP contribution in [0, 0.1) is 18.8 Å². The molecule has 11 heteroatoms. The third kappa shape index (κ3) is 3.82. The molecule has 200 valence electrons. The Morgan fingerprint density at radius 3 is 2.53 bits per heavy atom. The van der Waals surface area contributed by atoms with E-state index in [1.165, 1.54) is 12.0 Å². The van der Waals surface area contributed by atoms with Crippen molar-refractivity contribution >= 4 is 40.9 Å². The summed E-state index contributed by atoms with van der Waals surface area (Å²) in [5.74, 6) is -2.41. The molecule has 3 heterocycles.